The molecular formula is C25H21N3O3S. The summed E-state index contributed by atoms with van der Waals surface area (Å²) in [4.78, 5) is 17.8. The summed E-state index contributed by atoms with van der Waals surface area (Å²) >= 11 is 1.60. The summed E-state index contributed by atoms with van der Waals surface area (Å²) < 4.78 is 11.0. The molecule has 0 aliphatic heterocycles. The molecule has 1 heterocycles. The average molecular weight is 444 g/mol. The predicted octanol–water partition coefficient (Wildman–Crippen LogP) is 5.16. The average Bonchev–Trinajstić information content (AvgIpc) is 3.33. The predicted molar refractivity (Wildman–Crippen MR) is 126 cm³/mol. The van der Waals surface area contributed by atoms with Crippen LogP contribution in [0.5, 0.6) is 11.5 Å². The maximum absolute atomic E-state index is 12.3. The van der Waals surface area contributed by atoms with Gasteiger partial charge in [-0.3, -0.25) is 4.79 Å². The first-order valence-electron chi connectivity index (χ1n) is 9.92. The highest BCUT2D eigenvalue weighted by atomic mass is 32.1. The largest absolute Gasteiger partial charge is 0.497 e. The van der Waals surface area contributed by atoms with Gasteiger partial charge in [0, 0.05) is 17.3 Å². The Hall–Kier alpha value is -3.97. The fraction of sp³-hybridized carbons (Fsp3) is 0.0800. The molecule has 1 N–H and O–H groups in total. The van der Waals surface area contributed by atoms with E-state index in [0.29, 0.717) is 17.9 Å². The number of nitrogens with zero attached hydrogens (tertiary/aromatic N) is 2. The van der Waals surface area contributed by atoms with Gasteiger partial charge < -0.3 is 9.47 Å². The number of rotatable bonds is 8. The van der Waals surface area contributed by atoms with Crippen molar-refractivity contribution in [3.63, 3.8) is 0 Å². The summed E-state index contributed by atoms with van der Waals surface area (Å²) in [5.74, 6) is 1.10. The lowest BCUT2D eigenvalue weighted by Gasteiger charge is -2.05. The summed E-state index contributed by atoms with van der Waals surface area (Å²) in [6.07, 6.45) is 3.39. The van der Waals surface area contributed by atoms with Gasteiger partial charge >= 0.3 is 0 Å². The molecule has 160 valence electrons. The molecule has 0 saturated carbocycles. The minimum atomic E-state index is -0.300. The highest BCUT2D eigenvalue weighted by Gasteiger charge is 2.07. The van der Waals surface area contributed by atoms with Crippen LogP contribution in [0.3, 0.4) is 0 Å². The highest BCUT2D eigenvalue weighted by molar-refractivity contribution is 7.15. The normalized spacial score (nSPS) is 10.8. The summed E-state index contributed by atoms with van der Waals surface area (Å²) in [7, 11) is 1.60. The number of amides is 1. The van der Waals surface area contributed by atoms with E-state index in [1.165, 1.54) is 0 Å². The maximum atomic E-state index is 12.3. The smallest absolute Gasteiger partial charge is 0.271 e. The first-order chi connectivity index (χ1) is 15.7. The van der Waals surface area contributed by atoms with Gasteiger partial charge in [-0.2, -0.15) is 5.10 Å². The SMILES string of the molecule is COc1cccc(C=NNC(=O)c2ccc(OCc3cnc(-c4ccccc4)s3)cc2)c1. The Bertz CT molecular complexity index is 1200. The number of carbonyl (C=O) groups excluding carboxylic acids is 1. The lowest BCUT2D eigenvalue weighted by molar-refractivity contribution is 0.0955. The molecule has 32 heavy (non-hydrogen) atoms. The van der Waals surface area contributed by atoms with E-state index >= 15 is 0 Å². The van der Waals surface area contributed by atoms with Crippen molar-refractivity contribution in [1.82, 2.24) is 10.4 Å². The molecular weight excluding hydrogens is 422 g/mol. The molecule has 0 spiro atoms. The van der Waals surface area contributed by atoms with Crippen LogP contribution in [-0.4, -0.2) is 24.2 Å². The number of hydrazone groups is 1. The van der Waals surface area contributed by atoms with E-state index in [-0.39, 0.29) is 5.91 Å². The number of benzene rings is 3. The van der Waals surface area contributed by atoms with Gasteiger partial charge in [0.2, 0.25) is 0 Å². The van der Waals surface area contributed by atoms with E-state index in [2.05, 4.69) is 15.5 Å². The molecule has 0 radical (unpaired) electrons. The van der Waals surface area contributed by atoms with Crippen LogP contribution in [0, 0.1) is 0 Å². The summed E-state index contributed by atoms with van der Waals surface area (Å²) in [5.41, 5.74) is 4.93. The Morgan fingerprint density at radius 2 is 1.84 bits per heavy atom. The van der Waals surface area contributed by atoms with Gasteiger partial charge in [-0.25, -0.2) is 10.4 Å². The zero-order valence-electron chi connectivity index (χ0n) is 17.4. The number of carbonyl (C=O) groups is 1. The van der Waals surface area contributed by atoms with E-state index in [1.807, 2.05) is 60.8 Å². The lowest BCUT2D eigenvalue weighted by atomic mass is 10.2. The van der Waals surface area contributed by atoms with Crippen LogP contribution in [0.4, 0.5) is 0 Å². The lowest BCUT2D eigenvalue weighted by Crippen LogP contribution is -2.17. The number of hydrogen-bond donors (Lipinski definition) is 1. The third-order valence-corrected chi connectivity index (χ3v) is 5.57. The molecule has 0 aliphatic rings. The highest BCUT2D eigenvalue weighted by Crippen LogP contribution is 2.25. The molecule has 0 unspecified atom stereocenters. The van der Waals surface area contributed by atoms with Crippen molar-refractivity contribution in [3.05, 3.63) is 101 Å². The number of nitrogens with one attached hydrogen (secondary N) is 1. The van der Waals surface area contributed by atoms with Gasteiger partial charge in [-0.15, -0.1) is 11.3 Å². The Morgan fingerprint density at radius 1 is 1.03 bits per heavy atom. The van der Waals surface area contributed by atoms with E-state index in [4.69, 9.17) is 9.47 Å². The second-order valence-corrected chi connectivity index (χ2v) is 7.90. The fourth-order valence-corrected chi connectivity index (χ4v) is 3.73. The second-order valence-electron chi connectivity index (χ2n) is 6.79. The molecule has 7 heteroatoms. The van der Waals surface area contributed by atoms with Crippen molar-refractivity contribution < 1.29 is 14.3 Å². The standard InChI is InChI=1S/C25H21N3O3S/c1-30-22-9-5-6-18(14-22)15-27-28-24(29)19-10-12-21(13-11-19)31-17-23-16-26-25(32-23)20-7-3-2-4-8-20/h2-16H,17H2,1H3,(H,28,29). The first-order valence-corrected chi connectivity index (χ1v) is 10.7. The molecule has 1 aromatic heterocycles. The van der Waals surface area contributed by atoms with Gasteiger partial charge in [0.05, 0.1) is 18.2 Å². The molecule has 4 rings (SSSR count). The van der Waals surface area contributed by atoms with Crippen LogP contribution in [0.25, 0.3) is 10.6 Å². The van der Waals surface area contributed by atoms with Crippen molar-refractivity contribution in [1.29, 1.82) is 0 Å². The Morgan fingerprint density at radius 3 is 2.62 bits per heavy atom. The molecule has 6 nitrogen and oxygen atoms in total. The summed E-state index contributed by atoms with van der Waals surface area (Å²) in [6.45, 7) is 0.418. The molecule has 0 atom stereocenters. The third kappa shape index (κ3) is 5.59. The van der Waals surface area contributed by atoms with Crippen molar-refractivity contribution in [2.75, 3.05) is 7.11 Å². The van der Waals surface area contributed by atoms with E-state index in [9.17, 15) is 4.79 Å². The molecule has 0 bridgehead atoms. The molecule has 4 aromatic rings. The molecule has 0 saturated heterocycles. The number of hydrogen-bond acceptors (Lipinski definition) is 6. The number of methoxy groups -OCH3 is 1. The van der Waals surface area contributed by atoms with Crippen molar-refractivity contribution in [2.45, 2.75) is 6.61 Å². The molecule has 3 aromatic carbocycles. The van der Waals surface area contributed by atoms with Gasteiger partial charge in [-0.05, 0) is 42.0 Å². The van der Waals surface area contributed by atoms with Crippen LogP contribution in [-0.2, 0) is 6.61 Å². The molecule has 0 fully saturated rings. The van der Waals surface area contributed by atoms with Crippen molar-refractivity contribution >= 4 is 23.5 Å². The summed E-state index contributed by atoms with van der Waals surface area (Å²) in [6, 6.07) is 24.4. The van der Waals surface area contributed by atoms with E-state index in [1.54, 1.807) is 48.9 Å². The number of ether oxygens (including phenoxy) is 2. The first kappa shape index (κ1) is 21.3. The van der Waals surface area contributed by atoms with Crippen LogP contribution in [0.1, 0.15) is 20.8 Å². The van der Waals surface area contributed by atoms with Crippen LogP contribution < -0.4 is 14.9 Å². The molecule has 1 amide bonds. The monoisotopic (exact) mass is 443 g/mol. The third-order valence-electron chi connectivity index (χ3n) is 4.55. The van der Waals surface area contributed by atoms with Crippen LogP contribution >= 0.6 is 11.3 Å². The van der Waals surface area contributed by atoms with Crippen LogP contribution in [0.15, 0.2) is 90.2 Å². The Kier molecular flexibility index (Phi) is 6.89. The van der Waals surface area contributed by atoms with Gasteiger partial charge in [-0.1, -0.05) is 42.5 Å². The second kappa shape index (κ2) is 10.4. The topological polar surface area (TPSA) is 72.8 Å². The van der Waals surface area contributed by atoms with E-state index < -0.39 is 0 Å². The zero-order valence-corrected chi connectivity index (χ0v) is 18.2. The van der Waals surface area contributed by atoms with E-state index in [0.717, 1.165) is 26.8 Å². The van der Waals surface area contributed by atoms with Crippen molar-refractivity contribution in [2.24, 2.45) is 5.10 Å². The number of aromatic nitrogens is 1. The molecule has 0 aliphatic carbocycles. The van der Waals surface area contributed by atoms with Crippen molar-refractivity contribution in [3.8, 4) is 22.1 Å². The zero-order chi connectivity index (χ0) is 22.2. The van der Waals surface area contributed by atoms with Gasteiger partial charge in [0.25, 0.3) is 5.91 Å². The fourth-order valence-electron chi connectivity index (χ4n) is 2.90. The Labute approximate surface area is 190 Å². The van der Waals surface area contributed by atoms with Gasteiger partial charge in [0.15, 0.2) is 0 Å². The minimum absolute atomic E-state index is 0.300. The van der Waals surface area contributed by atoms with Gasteiger partial charge in [0.1, 0.15) is 23.1 Å². The Balaban J connectivity index is 1.29. The van der Waals surface area contributed by atoms with Crippen LogP contribution in [0.2, 0.25) is 0 Å². The quantitative estimate of drug-likeness (QED) is 0.302. The maximum Gasteiger partial charge on any atom is 0.271 e. The minimum Gasteiger partial charge on any atom is -0.497 e. The number of thiazole rings is 1. The summed E-state index contributed by atoms with van der Waals surface area (Å²) in [5, 5.41) is 4.97.